The van der Waals surface area contributed by atoms with Crippen LogP contribution >= 0.6 is 23.4 Å². The molecule has 0 radical (unpaired) electrons. The summed E-state index contributed by atoms with van der Waals surface area (Å²) in [4.78, 5) is 12.4. The molecule has 3 rings (SSSR count). The van der Waals surface area contributed by atoms with Crippen molar-refractivity contribution in [1.82, 2.24) is 14.8 Å². The third-order valence-corrected chi connectivity index (χ3v) is 6.20. The number of anilines is 1. The highest BCUT2D eigenvalue weighted by atomic mass is 35.5. The minimum atomic E-state index is -0.142. The van der Waals surface area contributed by atoms with Crippen LogP contribution in [0.5, 0.6) is 5.75 Å². The Morgan fingerprint density at radius 1 is 1.23 bits per heavy atom. The molecule has 0 bridgehead atoms. The predicted molar refractivity (Wildman–Crippen MR) is 126 cm³/mol. The number of ether oxygens (including phenoxy) is 1. The molecule has 0 aliphatic heterocycles. The van der Waals surface area contributed by atoms with Crippen LogP contribution in [-0.2, 0) is 17.9 Å². The minimum absolute atomic E-state index is 0.142. The maximum atomic E-state index is 12.4. The summed E-state index contributed by atoms with van der Waals surface area (Å²) >= 11 is 7.43. The number of allylic oxidation sites excluding steroid dienone is 1. The van der Waals surface area contributed by atoms with E-state index in [9.17, 15) is 4.79 Å². The summed E-state index contributed by atoms with van der Waals surface area (Å²) in [5, 5.41) is 12.6. The van der Waals surface area contributed by atoms with E-state index in [0.717, 1.165) is 11.3 Å². The predicted octanol–water partition coefficient (Wildman–Crippen LogP) is 5.35. The largest absolute Gasteiger partial charge is 0.486 e. The number of carbonyl (C=O) groups is 1. The van der Waals surface area contributed by atoms with Gasteiger partial charge in [0.05, 0.1) is 5.75 Å². The third-order valence-electron chi connectivity index (χ3n) is 4.83. The Balaban J connectivity index is 1.64. The van der Waals surface area contributed by atoms with E-state index in [1.165, 1.54) is 22.9 Å². The number of aromatic nitrogens is 3. The highest BCUT2D eigenvalue weighted by Crippen LogP contribution is 2.24. The van der Waals surface area contributed by atoms with E-state index in [0.29, 0.717) is 28.2 Å². The first kappa shape index (κ1) is 22.9. The number of hydrogen-bond acceptors (Lipinski definition) is 5. The summed E-state index contributed by atoms with van der Waals surface area (Å²) in [6, 6.07) is 11.4. The molecule has 3 aromatic rings. The summed E-state index contributed by atoms with van der Waals surface area (Å²) in [7, 11) is 0. The van der Waals surface area contributed by atoms with Gasteiger partial charge < -0.3 is 10.1 Å². The van der Waals surface area contributed by atoms with Gasteiger partial charge in [0, 0.05) is 17.3 Å². The lowest BCUT2D eigenvalue weighted by Crippen LogP contribution is -2.15. The first-order valence-electron chi connectivity index (χ1n) is 9.80. The zero-order chi connectivity index (χ0) is 22.4. The van der Waals surface area contributed by atoms with Crippen LogP contribution in [0.1, 0.15) is 22.5 Å². The number of nitrogens with zero attached hydrogens (tertiary/aromatic N) is 3. The van der Waals surface area contributed by atoms with Crippen molar-refractivity contribution in [3.05, 3.63) is 76.6 Å². The molecular formula is C23H25ClN4O2S. The number of nitrogens with one attached hydrogen (secondary N) is 1. The molecule has 1 amide bonds. The quantitative estimate of drug-likeness (QED) is 0.347. The van der Waals surface area contributed by atoms with Crippen LogP contribution in [0.2, 0.25) is 5.02 Å². The number of carbonyl (C=O) groups excluding carboxylic acids is 1. The molecule has 1 aromatic heterocycles. The first-order valence-corrected chi connectivity index (χ1v) is 11.2. The normalized spacial score (nSPS) is 10.7. The van der Waals surface area contributed by atoms with Crippen molar-refractivity contribution in [1.29, 1.82) is 0 Å². The number of hydrogen-bond donors (Lipinski definition) is 1. The third kappa shape index (κ3) is 5.89. The van der Waals surface area contributed by atoms with Gasteiger partial charge in [-0.25, -0.2) is 0 Å². The van der Waals surface area contributed by atoms with Crippen molar-refractivity contribution >= 4 is 35.0 Å². The second-order valence-corrected chi connectivity index (χ2v) is 8.43. The van der Waals surface area contributed by atoms with Gasteiger partial charge in [0.1, 0.15) is 12.4 Å². The van der Waals surface area contributed by atoms with Crippen LogP contribution in [0.15, 0.2) is 54.2 Å². The van der Waals surface area contributed by atoms with Crippen LogP contribution in [-0.4, -0.2) is 26.4 Å². The second-order valence-electron chi connectivity index (χ2n) is 7.08. The summed E-state index contributed by atoms with van der Waals surface area (Å²) in [6.45, 7) is 10.6. The van der Waals surface area contributed by atoms with Crippen molar-refractivity contribution < 1.29 is 9.53 Å². The zero-order valence-electron chi connectivity index (χ0n) is 17.8. The molecular weight excluding hydrogens is 432 g/mol. The molecule has 1 N–H and O–H groups in total. The molecule has 0 unspecified atom stereocenters. The molecule has 6 nitrogen and oxygen atoms in total. The van der Waals surface area contributed by atoms with Crippen LogP contribution in [0.3, 0.4) is 0 Å². The Morgan fingerprint density at radius 2 is 2.03 bits per heavy atom. The number of amides is 1. The maximum Gasteiger partial charge on any atom is 0.234 e. The van der Waals surface area contributed by atoms with Gasteiger partial charge in [-0.05, 0) is 61.7 Å². The fourth-order valence-electron chi connectivity index (χ4n) is 2.86. The van der Waals surface area contributed by atoms with E-state index < -0.39 is 0 Å². The van der Waals surface area contributed by atoms with Crippen LogP contribution in [0, 0.1) is 20.8 Å². The van der Waals surface area contributed by atoms with Crippen molar-refractivity contribution in [2.24, 2.45) is 0 Å². The van der Waals surface area contributed by atoms with Gasteiger partial charge in [0.25, 0.3) is 0 Å². The summed E-state index contributed by atoms with van der Waals surface area (Å²) in [5.74, 6) is 1.50. The molecule has 0 spiro atoms. The molecule has 1 heterocycles. The molecule has 0 saturated heterocycles. The molecule has 8 heteroatoms. The highest BCUT2D eigenvalue weighted by molar-refractivity contribution is 7.99. The summed E-state index contributed by atoms with van der Waals surface area (Å²) < 4.78 is 7.80. The highest BCUT2D eigenvalue weighted by Gasteiger charge is 2.15. The molecule has 0 atom stereocenters. The zero-order valence-corrected chi connectivity index (χ0v) is 19.4. The molecule has 2 aromatic carbocycles. The fourth-order valence-corrected chi connectivity index (χ4v) is 3.80. The minimum Gasteiger partial charge on any atom is -0.486 e. The molecule has 162 valence electrons. The fraction of sp³-hybridized carbons (Fsp3) is 0.261. The lowest BCUT2D eigenvalue weighted by molar-refractivity contribution is -0.113. The van der Waals surface area contributed by atoms with E-state index in [-0.39, 0.29) is 18.3 Å². The smallest absolute Gasteiger partial charge is 0.234 e. The number of benzene rings is 2. The Bertz CT molecular complexity index is 1100. The number of rotatable bonds is 9. The monoisotopic (exact) mass is 456 g/mol. The van der Waals surface area contributed by atoms with Crippen molar-refractivity contribution in [3.63, 3.8) is 0 Å². The van der Waals surface area contributed by atoms with E-state index in [1.807, 2.05) is 42.7 Å². The summed E-state index contributed by atoms with van der Waals surface area (Å²) in [5.41, 5.74) is 3.92. The van der Waals surface area contributed by atoms with Crippen LogP contribution in [0.4, 0.5) is 5.69 Å². The second kappa shape index (κ2) is 10.5. The lowest BCUT2D eigenvalue weighted by atomic mass is 10.1. The molecule has 0 aliphatic carbocycles. The van der Waals surface area contributed by atoms with Crippen molar-refractivity contribution in [2.45, 2.75) is 39.1 Å². The molecule has 0 fully saturated rings. The Morgan fingerprint density at radius 3 is 2.77 bits per heavy atom. The average Bonchev–Trinajstić information content (AvgIpc) is 3.13. The topological polar surface area (TPSA) is 69.0 Å². The Hall–Kier alpha value is -2.77. The maximum absolute atomic E-state index is 12.4. The van der Waals surface area contributed by atoms with E-state index >= 15 is 0 Å². The van der Waals surface area contributed by atoms with E-state index in [1.54, 1.807) is 18.2 Å². The van der Waals surface area contributed by atoms with Gasteiger partial charge >= 0.3 is 0 Å². The number of thioether (sulfide) groups is 1. The molecule has 31 heavy (non-hydrogen) atoms. The molecule has 0 aliphatic rings. The van der Waals surface area contributed by atoms with Gasteiger partial charge in [-0.2, -0.15) is 0 Å². The van der Waals surface area contributed by atoms with Crippen molar-refractivity contribution in [3.8, 4) is 5.75 Å². The van der Waals surface area contributed by atoms with Gasteiger partial charge in [0.15, 0.2) is 11.0 Å². The van der Waals surface area contributed by atoms with Gasteiger partial charge in [-0.15, -0.1) is 16.8 Å². The van der Waals surface area contributed by atoms with Gasteiger partial charge in [0.2, 0.25) is 5.91 Å². The number of halogens is 1. The number of aryl methyl sites for hydroxylation is 2. The average molecular weight is 457 g/mol. The lowest BCUT2D eigenvalue weighted by Gasteiger charge is -2.11. The van der Waals surface area contributed by atoms with Gasteiger partial charge in [-0.3, -0.25) is 9.36 Å². The van der Waals surface area contributed by atoms with E-state index in [4.69, 9.17) is 16.3 Å². The SMILES string of the molecule is C=CCn1c(COc2ccc(C)c(C)c2)nnc1SCC(=O)Nc1cccc(Cl)c1C. The van der Waals surface area contributed by atoms with Gasteiger partial charge in [-0.1, -0.05) is 41.6 Å². The Kier molecular flexibility index (Phi) is 7.76. The Labute approximate surface area is 191 Å². The van der Waals surface area contributed by atoms with Crippen molar-refractivity contribution in [2.75, 3.05) is 11.1 Å². The van der Waals surface area contributed by atoms with E-state index in [2.05, 4.69) is 29.0 Å². The van der Waals surface area contributed by atoms with Crippen LogP contribution in [0.25, 0.3) is 0 Å². The first-order chi connectivity index (χ1) is 14.9. The summed E-state index contributed by atoms with van der Waals surface area (Å²) in [6.07, 6.45) is 1.77. The standard InChI is InChI=1S/C23H25ClN4O2S/c1-5-11-28-21(13-30-18-10-9-15(2)16(3)12-18)26-27-23(28)31-14-22(29)25-20-8-6-7-19(24)17(20)4/h5-10,12H,1,11,13-14H2,2-4H3,(H,25,29). The molecule has 0 saturated carbocycles. The van der Waals surface area contributed by atoms with Crippen LogP contribution < -0.4 is 10.1 Å².